The molecule has 0 spiro atoms. The van der Waals surface area contributed by atoms with E-state index in [4.69, 9.17) is 9.26 Å². The lowest BCUT2D eigenvalue weighted by Crippen LogP contribution is -2.50. The maximum absolute atomic E-state index is 12.5. The lowest BCUT2D eigenvalue weighted by atomic mass is 10.0. The van der Waals surface area contributed by atoms with Crippen molar-refractivity contribution < 1.29 is 18.8 Å². The monoisotopic (exact) mass is 364 g/mol. The zero-order chi connectivity index (χ0) is 18.5. The molecule has 1 aromatic heterocycles. The number of nitrogens with zero attached hydrogens (tertiary/aromatic N) is 3. The summed E-state index contributed by atoms with van der Waals surface area (Å²) in [4.78, 5) is 28.7. The van der Waals surface area contributed by atoms with Crippen LogP contribution in [0, 0.1) is 5.92 Å². The minimum absolute atomic E-state index is 0.0252. The number of amides is 2. The molecule has 3 heterocycles. The van der Waals surface area contributed by atoms with Gasteiger partial charge in [-0.1, -0.05) is 19.0 Å². The van der Waals surface area contributed by atoms with Crippen LogP contribution in [0.1, 0.15) is 42.9 Å². The van der Waals surface area contributed by atoms with E-state index in [1.165, 1.54) is 0 Å². The van der Waals surface area contributed by atoms with E-state index in [0.29, 0.717) is 24.5 Å². The summed E-state index contributed by atoms with van der Waals surface area (Å²) in [6, 6.07) is 1.66. The van der Waals surface area contributed by atoms with Gasteiger partial charge in [0.2, 0.25) is 5.91 Å². The summed E-state index contributed by atoms with van der Waals surface area (Å²) in [6.45, 7) is 8.88. The first kappa shape index (κ1) is 18.8. The minimum Gasteiger partial charge on any atom is -0.379 e. The molecule has 26 heavy (non-hydrogen) atoms. The Morgan fingerprint density at radius 3 is 2.81 bits per heavy atom. The van der Waals surface area contributed by atoms with E-state index in [-0.39, 0.29) is 23.8 Å². The summed E-state index contributed by atoms with van der Waals surface area (Å²) in [5.74, 6) is 0.545. The van der Waals surface area contributed by atoms with Crippen LogP contribution in [-0.2, 0) is 16.1 Å². The fourth-order valence-electron chi connectivity index (χ4n) is 3.39. The Hall–Kier alpha value is -1.93. The van der Waals surface area contributed by atoms with E-state index >= 15 is 0 Å². The van der Waals surface area contributed by atoms with Gasteiger partial charge < -0.3 is 19.5 Å². The third kappa shape index (κ3) is 4.82. The molecule has 2 fully saturated rings. The van der Waals surface area contributed by atoms with E-state index < -0.39 is 0 Å². The highest BCUT2D eigenvalue weighted by Gasteiger charge is 2.27. The number of ether oxygens (including phenoxy) is 1. The molecule has 1 atom stereocenters. The van der Waals surface area contributed by atoms with Crippen molar-refractivity contribution in [3.63, 3.8) is 0 Å². The Balaban J connectivity index is 1.52. The van der Waals surface area contributed by atoms with Gasteiger partial charge in [0, 0.05) is 44.2 Å². The van der Waals surface area contributed by atoms with Gasteiger partial charge in [-0.05, 0) is 12.8 Å². The SMILES string of the molecule is CC(C)C(=O)N1CCC[C@@H](NC(=O)c2cc(CN3CCOCC3)on2)C1. The van der Waals surface area contributed by atoms with Crippen molar-refractivity contribution in [2.75, 3.05) is 39.4 Å². The zero-order valence-corrected chi connectivity index (χ0v) is 15.6. The van der Waals surface area contributed by atoms with Crippen LogP contribution in [0.4, 0.5) is 0 Å². The van der Waals surface area contributed by atoms with E-state index in [1.54, 1.807) is 6.07 Å². The molecule has 2 aliphatic rings. The van der Waals surface area contributed by atoms with Gasteiger partial charge >= 0.3 is 0 Å². The summed E-state index contributed by atoms with van der Waals surface area (Å²) in [6.07, 6.45) is 1.76. The number of carbonyl (C=O) groups excluding carboxylic acids is 2. The lowest BCUT2D eigenvalue weighted by Gasteiger charge is -2.34. The molecule has 0 bridgehead atoms. The molecule has 0 aliphatic carbocycles. The number of aromatic nitrogens is 1. The van der Waals surface area contributed by atoms with E-state index in [2.05, 4.69) is 15.4 Å². The number of piperidine rings is 1. The van der Waals surface area contributed by atoms with Crippen LogP contribution in [0.5, 0.6) is 0 Å². The summed E-state index contributed by atoms with van der Waals surface area (Å²) in [5, 5.41) is 6.89. The average molecular weight is 364 g/mol. The Kier molecular flexibility index (Phi) is 6.26. The number of morpholine rings is 1. The van der Waals surface area contributed by atoms with Gasteiger partial charge in [-0.2, -0.15) is 0 Å². The van der Waals surface area contributed by atoms with Crippen molar-refractivity contribution in [1.29, 1.82) is 0 Å². The van der Waals surface area contributed by atoms with Crippen molar-refractivity contribution >= 4 is 11.8 Å². The number of rotatable bonds is 5. The first-order valence-corrected chi connectivity index (χ1v) is 9.38. The predicted molar refractivity (Wildman–Crippen MR) is 94.5 cm³/mol. The quantitative estimate of drug-likeness (QED) is 0.835. The van der Waals surface area contributed by atoms with Gasteiger partial charge in [-0.15, -0.1) is 0 Å². The van der Waals surface area contributed by atoms with Crippen LogP contribution in [0.3, 0.4) is 0 Å². The summed E-state index contributed by atoms with van der Waals surface area (Å²) >= 11 is 0. The minimum atomic E-state index is -0.245. The molecule has 3 rings (SSSR count). The summed E-state index contributed by atoms with van der Waals surface area (Å²) < 4.78 is 10.6. The fourth-order valence-corrected chi connectivity index (χ4v) is 3.39. The molecule has 1 aromatic rings. The molecule has 8 nitrogen and oxygen atoms in total. The molecule has 0 unspecified atom stereocenters. The molecule has 2 aliphatic heterocycles. The van der Waals surface area contributed by atoms with Gasteiger partial charge in [0.15, 0.2) is 11.5 Å². The van der Waals surface area contributed by atoms with Crippen molar-refractivity contribution in [3.05, 3.63) is 17.5 Å². The van der Waals surface area contributed by atoms with Gasteiger partial charge in [0.25, 0.3) is 5.91 Å². The third-order valence-electron chi connectivity index (χ3n) is 4.84. The molecule has 0 radical (unpaired) electrons. The largest absolute Gasteiger partial charge is 0.379 e. The van der Waals surface area contributed by atoms with Crippen LogP contribution >= 0.6 is 0 Å². The predicted octanol–water partition coefficient (Wildman–Crippen LogP) is 0.884. The first-order chi connectivity index (χ1) is 12.5. The normalized spacial score (nSPS) is 21.8. The highest BCUT2D eigenvalue weighted by atomic mass is 16.5. The molecular weight excluding hydrogens is 336 g/mol. The Morgan fingerprint density at radius 2 is 2.08 bits per heavy atom. The molecule has 144 valence electrons. The van der Waals surface area contributed by atoms with Crippen molar-refractivity contribution in [2.45, 2.75) is 39.3 Å². The van der Waals surface area contributed by atoms with Crippen LogP contribution in [0.25, 0.3) is 0 Å². The molecule has 8 heteroatoms. The van der Waals surface area contributed by atoms with Crippen LogP contribution < -0.4 is 5.32 Å². The van der Waals surface area contributed by atoms with Crippen LogP contribution in [0.2, 0.25) is 0 Å². The molecule has 2 saturated heterocycles. The maximum Gasteiger partial charge on any atom is 0.273 e. The number of likely N-dealkylation sites (tertiary alicyclic amines) is 1. The van der Waals surface area contributed by atoms with E-state index in [1.807, 2.05) is 18.7 Å². The van der Waals surface area contributed by atoms with Gasteiger partial charge in [0.05, 0.1) is 19.8 Å². The average Bonchev–Trinajstić information content (AvgIpc) is 3.10. The lowest BCUT2D eigenvalue weighted by molar-refractivity contribution is -0.135. The molecule has 0 aromatic carbocycles. The van der Waals surface area contributed by atoms with Gasteiger partial charge in [-0.25, -0.2) is 0 Å². The van der Waals surface area contributed by atoms with Crippen molar-refractivity contribution in [1.82, 2.24) is 20.3 Å². The number of hydrogen-bond acceptors (Lipinski definition) is 6. The standard InChI is InChI=1S/C18H28N4O4/c1-13(2)18(24)22-5-3-4-14(11-22)19-17(23)16-10-15(26-20-16)12-21-6-8-25-9-7-21/h10,13-14H,3-9,11-12H2,1-2H3,(H,19,23)/t14-/m1/s1. The van der Waals surface area contributed by atoms with E-state index in [0.717, 1.165) is 45.7 Å². The molecule has 1 N–H and O–H groups in total. The second-order valence-electron chi connectivity index (χ2n) is 7.32. The molecular formula is C18H28N4O4. The second-order valence-corrected chi connectivity index (χ2v) is 7.32. The summed E-state index contributed by atoms with van der Waals surface area (Å²) in [5.41, 5.74) is 0.292. The van der Waals surface area contributed by atoms with Crippen LogP contribution in [0.15, 0.2) is 10.6 Å². The van der Waals surface area contributed by atoms with Gasteiger partial charge in [-0.3, -0.25) is 14.5 Å². The highest BCUT2D eigenvalue weighted by molar-refractivity contribution is 5.92. The maximum atomic E-state index is 12.5. The number of nitrogens with one attached hydrogen (secondary N) is 1. The Morgan fingerprint density at radius 1 is 1.31 bits per heavy atom. The third-order valence-corrected chi connectivity index (χ3v) is 4.84. The Bertz CT molecular complexity index is 624. The number of carbonyl (C=O) groups is 2. The Labute approximate surface area is 153 Å². The molecule has 2 amide bonds. The number of hydrogen-bond donors (Lipinski definition) is 1. The van der Waals surface area contributed by atoms with Gasteiger partial charge in [0.1, 0.15) is 0 Å². The van der Waals surface area contributed by atoms with Crippen molar-refractivity contribution in [3.8, 4) is 0 Å². The summed E-state index contributed by atoms with van der Waals surface area (Å²) in [7, 11) is 0. The first-order valence-electron chi connectivity index (χ1n) is 9.38. The van der Waals surface area contributed by atoms with Crippen LogP contribution in [-0.4, -0.2) is 72.2 Å². The topological polar surface area (TPSA) is 87.9 Å². The van der Waals surface area contributed by atoms with Crippen molar-refractivity contribution in [2.24, 2.45) is 5.92 Å². The smallest absolute Gasteiger partial charge is 0.273 e. The van der Waals surface area contributed by atoms with E-state index in [9.17, 15) is 9.59 Å². The highest BCUT2D eigenvalue weighted by Crippen LogP contribution is 2.14. The fraction of sp³-hybridized carbons (Fsp3) is 0.722. The second kappa shape index (κ2) is 8.64. The zero-order valence-electron chi connectivity index (χ0n) is 15.6. The molecule has 0 saturated carbocycles.